The van der Waals surface area contributed by atoms with Gasteiger partial charge in [-0.2, -0.15) is 5.10 Å². The largest absolute Gasteiger partial charge is 0.377 e. The van der Waals surface area contributed by atoms with Crippen LogP contribution in [0, 0.1) is 0 Å². The second-order valence-electron chi connectivity index (χ2n) is 4.54. The lowest BCUT2D eigenvalue weighted by atomic mass is 10.1. The van der Waals surface area contributed by atoms with Crippen molar-refractivity contribution in [2.24, 2.45) is 0 Å². The zero-order chi connectivity index (χ0) is 11.0. The fraction of sp³-hybridized carbons (Fsp3) is 0.727. The van der Waals surface area contributed by atoms with Gasteiger partial charge in [0, 0.05) is 24.8 Å². The van der Waals surface area contributed by atoms with Gasteiger partial charge in [-0.3, -0.25) is 4.68 Å². The number of hydrogen-bond donors (Lipinski definition) is 1. The van der Waals surface area contributed by atoms with Crippen LogP contribution in [0.3, 0.4) is 0 Å². The van der Waals surface area contributed by atoms with Gasteiger partial charge in [0.15, 0.2) is 0 Å². The molecular weight excluding hydrogens is 206 g/mol. The lowest BCUT2D eigenvalue weighted by molar-refractivity contribution is -0.0322. The van der Waals surface area contributed by atoms with Gasteiger partial charge in [0.1, 0.15) is 0 Å². The summed E-state index contributed by atoms with van der Waals surface area (Å²) in [7, 11) is 0. The lowest BCUT2D eigenvalue weighted by Gasteiger charge is -2.28. The van der Waals surface area contributed by atoms with Crippen molar-refractivity contribution < 1.29 is 9.47 Å². The summed E-state index contributed by atoms with van der Waals surface area (Å²) in [5.74, 6) is 0. The number of nitrogens with zero attached hydrogens (tertiary/aromatic N) is 2. The smallest absolute Gasteiger partial charge is 0.0985 e. The number of aromatic nitrogens is 2. The Kier molecular flexibility index (Phi) is 2.67. The summed E-state index contributed by atoms with van der Waals surface area (Å²) >= 11 is 0. The molecule has 0 spiro atoms. The quantitative estimate of drug-likeness (QED) is 0.793. The van der Waals surface area contributed by atoms with Crippen LogP contribution in [0.5, 0.6) is 0 Å². The summed E-state index contributed by atoms with van der Waals surface area (Å²) < 4.78 is 13.0. The van der Waals surface area contributed by atoms with Crippen LogP contribution in [0.4, 0.5) is 0 Å². The van der Waals surface area contributed by atoms with E-state index in [2.05, 4.69) is 23.5 Å². The molecule has 0 bridgehead atoms. The molecular formula is C11H17N3O2. The molecule has 2 aliphatic heterocycles. The van der Waals surface area contributed by atoms with Crippen LogP contribution in [0.25, 0.3) is 0 Å². The average Bonchev–Trinajstić information content (AvgIpc) is 2.64. The van der Waals surface area contributed by atoms with Crippen LogP contribution in [0.2, 0.25) is 0 Å². The van der Waals surface area contributed by atoms with E-state index < -0.39 is 0 Å². The normalized spacial score (nSPS) is 31.3. The van der Waals surface area contributed by atoms with Gasteiger partial charge in [0.25, 0.3) is 0 Å². The van der Waals surface area contributed by atoms with Crippen molar-refractivity contribution >= 4 is 0 Å². The Balaban J connectivity index is 1.70. The van der Waals surface area contributed by atoms with Crippen LogP contribution in [0.1, 0.15) is 24.6 Å². The maximum atomic E-state index is 5.87. The molecule has 5 nitrogen and oxygen atoms in total. The molecule has 0 amide bonds. The highest BCUT2D eigenvalue weighted by molar-refractivity contribution is 5.10. The van der Waals surface area contributed by atoms with E-state index in [-0.39, 0.29) is 12.2 Å². The summed E-state index contributed by atoms with van der Waals surface area (Å²) in [6.07, 6.45) is 4.40. The second kappa shape index (κ2) is 4.16. The van der Waals surface area contributed by atoms with Gasteiger partial charge in [0.2, 0.25) is 0 Å². The molecule has 2 unspecified atom stereocenters. The summed E-state index contributed by atoms with van der Waals surface area (Å²) in [6.45, 7) is 5.45. The van der Waals surface area contributed by atoms with Gasteiger partial charge in [-0.25, -0.2) is 0 Å². The van der Waals surface area contributed by atoms with Gasteiger partial charge in [0.05, 0.1) is 37.7 Å². The van der Waals surface area contributed by atoms with Gasteiger partial charge >= 0.3 is 0 Å². The maximum absolute atomic E-state index is 5.87. The molecule has 88 valence electrons. The highest BCUT2D eigenvalue weighted by Gasteiger charge is 2.25. The Morgan fingerprint density at radius 3 is 3.00 bits per heavy atom. The molecule has 0 aliphatic carbocycles. The Labute approximate surface area is 94.7 Å². The lowest BCUT2D eigenvalue weighted by Crippen LogP contribution is -2.38. The third kappa shape index (κ3) is 1.86. The number of hydrogen-bond acceptors (Lipinski definition) is 4. The van der Waals surface area contributed by atoms with Gasteiger partial charge in [-0.05, 0) is 6.92 Å². The van der Waals surface area contributed by atoms with Gasteiger partial charge in [-0.1, -0.05) is 0 Å². The van der Waals surface area contributed by atoms with E-state index in [1.165, 1.54) is 0 Å². The fourth-order valence-corrected chi connectivity index (χ4v) is 2.09. The maximum Gasteiger partial charge on any atom is 0.0985 e. The highest BCUT2D eigenvalue weighted by atomic mass is 16.5. The Bertz CT molecular complexity index is 362. The molecule has 0 saturated carbocycles. The van der Waals surface area contributed by atoms with Gasteiger partial charge < -0.3 is 14.8 Å². The predicted molar refractivity (Wildman–Crippen MR) is 58.2 cm³/mol. The predicted octanol–water partition coefficient (Wildman–Crippen LogP) is 0.504. The molecule has 2 atom stereocenters. The molecule has 2 saturated heterocycles. The first kappa shape index (κ1) is 10.3. The van der Waals surface area contributed by atoms with Crippen LogP contribution in [-0.4, -0.2) is 42.2 Å². The van der Waals surface area contributed by atoms with Crippen molar-refractivity contribution in [3.63, 3.8) is 0 Å². The third-order valence-corrected chi connectivity index (χ3v) is 3.15. The zero-order valence-corrected chi connectivity index (χ0v) is 9.43. The minimum atomic E-state index is 0.137. The Morgan fingerprint density at radius 2 is 2.31 bits per heavy atom. The van der Waals surface area contributed by atoms with Crippen LogP contribution >= 0.6 is 0 Å². The topological polar surface area (TPSA) is 48.3 Å². The van der Waals surface area contributed by atoms with Crippen LogP contribution < -0.4 is 5.32 Å². The van der Waals surface area contributed by atoms with E-state index in [1.54, 1.807) is 0 Å². The summed E-state index contributed by atoms with van der Waals surface area (Å²) in [5.41, 5.74) is 1.16. The Hall–Kier alpha value is -0.910. The molecule has 1 aromatic heterocycles. The molecule has 2 aliphatic rings. The number of nitrogens with one attached hydrogen (secondary N) is 1. The van der Waals surface area contributed by atoms with Crippen molar-refractivity contribution in [2.75, 3.05) is 26.3 Å². The van der Waals surface area contributed by atoms with E-state index in [9.17, 15) is 0 Å². The molecule has 1 aromatic rings. The van der Waals surface area contributed by atoms with E-state index >= 15 is 0 Å². The van der Waals surface area contributed by atoms with Crippen molar-refractivity contribution in [2.45, 2.75) is 25.2 Å². The Morgan fingerprint density at radius 1 is 1.44 bits per heavy atom. The molecule has 1 N–H and O–H groups in total. The minimum absolute atomic E-state index is 0.137. The van der Waals surface area contributed by atoms with Crippen molar-refractivity contribution in [1.82, 2.24) is 15.1 Å². The van der Waals surface area contributed by atoms with Crippen molar-refractivity contribution in [1.29, 1.82) is 0 Å². The SMILES string of the molecule is CC1CNCC(c2cnn(C3COC3)c2)O1. The fourth-order valence-electron chi connectivity index (χ4n) is 2.09. The molecule has 16 heavy (non-hydrogen) atoms. The highest BCUT2D eigenvalue weighted by Crippen LogP contribution is 2.23. The summed E-state index contributed by atoms with van der Waals surface area (Å²) in [4.78, 5) is 0. The van der Waals surface area contributed by atoms with Gasteiger partial charge in [-0.15, -0.1) is 0 Å². The molecule has 3 heterocycles. The first-order valence-corrected chi connectivity index (χ1v) is 5.81. The van der Waals surface area contributed by atoms with E-state index in [0.717, 1.165) is 31.9 Å². The first-order valence-electron chi connectivity index (χ1n) is 5.81. The van der Waals surface area contributed by atoms with E-state index in [4.69, 9.17) is 9.47 Å². The van der Waals surface area contributed by atoms with Crippen LogP contribution in [0.15, 0.2) is 12.4 Å². The van der Waals surface area contributed by atoms with Crippen LogP contribution in [-0.2, 0) is 9.47 Å². The number of morpholine rings is 1. The third-order valence-electron chi connectivity index (χ3n) is 3.15. The standard InChI is InChI=1S/C11H17N3O2/c1-8-2-12-4-11(16-8)9-3-13-14(5-9)10-6-15-7-10/h3,5,8,10-12H,2,4,6-7H2,1H3. The molecule has 2 fully saturated rings. The van der Waals surface area contributed by atoms with Crippen molar-refractivity contribution in [3.8, 4) is 0 Å². The molecule has 0 radical (unpaired) electrons. The molecule has 5 heteroatoms. The number of rotatable bonds is 2. The molecule has 0 aromatic carbocycles. The average molecular weight is 223 g/mol. The second-order valence-corrected chi connectivity index (χ2v) is 4.54. The van der Waals surface area contributed by atoms with E-state index in [1.807, 2.05) is 10.9 Å². The van der Waals surface area contributed by atoms with Crippen molar-refractivity contribution in [3.05, 3.63) is 18.0 Å². The number of ether oxygens (including phenoxy) is 2. The minimum Gasteiger partial charge on any atom is -0.377 e. The molecule has 3 rings (SSSR count). The zero-order valence-electron chi connectivity index (χ0n) is 9.43. The monoisotopic (exact) mass is 223 g/mol. The van der Waals surface area contributed by atoms with E-state index in [0.29, 0.717) is 6.04 Å². The summed E-state index contributed by atoms with van der Waals surface area (Å²) in [5, 5.41) is 7.73. The summed E-state index contributed by atoms with van der Waals surface area (Å²) in [6, 6.07) is 0.419. The first-order chi connectivity index (χ1) is 7.83.